The van der Waals surface area contributed by atoms with Crippen LogP contribution >= 0.6 is 0 Å². The number of amides is 1. The number of halogens is 1. The molecule has 5 nitrogen and oxygen atoms in total. The molecule has 2 atom stereocenters. The van der Waals surface area contributed by atoms with Gasteiger partial charge in [0.05, 0.1) is 12.6 Å². The third kappa shape index (κ3) is 4.06. The molecule has 1 amide bonds. The molecule has 182 valence electrons. The average Bonchev–Trinajstić information content (AvgIpc) is 3.07. The van der Waals surface area contributed by atoms with Crippen LogP contribution in [0.25, 0.3) is 11.1 Å². The van der Waals surface area contributed by atoms with Gasteiger partial charge in [-0.25, -0.2) is 4.39 Å². The SMILES string of the molecule is CCCOc1ccc(-c2cc3c(cc2F)[C@H](N(C(=O)[O-])[C@@H]2CN4CCC2CC4)C(C)(C)C3)cc1. The van der Waals surface area contributed by atoms with Gasteiger partial charge in [-0.3, -0.25) is 0 Å². The first kappa shape index (κ1) is 23.2. The van der Waals surface area contributed by atoms with Gasteiger partial charge in [0.15, 0.2) is 0 Å². The number of rotatable bonds is 6. The summed E-state index contributed by atoms with van der Waals surface area (Å²) < 4.78 is 21.1. The van der Waals surface area contributed by atoms with Gasteiger partial charge in [0.1, 0.15) is 17.7 Å². The minimum Gasteiger partial charge on any atom is -0.530 e. The Morgan fingerprint density at radius 1 is 1.21 bits per heavy atom. The van der Waals surface area contributed by atoms with Crippen molar-refractivity contribution in [3.63, 3.8) is 0 Å². The first-order chi connectivity index (χ1) is 16.3. The molecule has 2 aromatic carbocycles. The number of piperidine rings is 3. The summed E-state index contributed by atoms with van der Waals surface area (Å²) in [6, 6.07) is 10.5. The maximum atomic E-state index is 15.5. The molecule has 0 saturated carbocycles. The molecule has 34 heavy (non-hydrogen) atoms. The summed E-state index contributed by atoms with van der Waals surface area (Å²) >= 11 is 0. The van der Waals surface area contributed by atoms with Crippen LogP contribution in [-0.4, -0.2) is 48.2 Å². The van der Waals surface area contributed by atoms with E-state index >= 15 is 4.39 Å². The summed E-state index contributed by atoms with van der Waals surface area (Å²) in [5.74, 6) is 0.798. The van der Waals surface area contributed by atoms with Gasteiger partial charge >= 0.3 is 0 Å². The number of ether oxygens (including phenoxy) is 1. The minimum atomic E-state index is -1.14. The monoisotopic (exact) mass is 465 g/mol. The number of nitrogens with zero attached hydrogens (tertiary/aromatic N) is 2. The van der Waals surface area contributed by atoms with Crippen molar-refractivity contribution in [2.24, 2.45) is 11.3 Å². The Morgan fingerprint density at radius 2 is 1.91 bits per heavy atom. The summed E-state index contributed by atoms with van der Waals surface area (Å²) in [6.45, 7) is 9.70. The van der Waals surface area contributed by atoms with Crippen LogP contribution in [-0.2, 0) is 6.42 Å². The van der Waals surface area contributed by atoms with E-state index in [0.717, 1.165) is 61.3 Å². The van der Waals surface area contributed by atoms with Crippen LogP contribution in [0.4, 0.5) is 9.18 Å². The van der Waals surface area contributed by atoms with Gasteiger partial charge in [-0.15, -0.1) is 0 Å². The van der Waals surface area contributed by atoms with Gasteiger partial charge in [0.2, 0.25) is 0 Å². The van der Waals surface area contributed by atoms with Crippen molar-refractivity contribution in [2.75, 3.05) is 26.2 Å². The van der Waals surface area contributed by atoms with Crippen molar-refractivity contribution < 1.29 is 19.0 Å². The maximum absolute atomic E-state index is 15.5. The lowest BCUT2D eigenvalue weighted by molar-refractivity contribution is -0.276. The van der Waals surface area contributed by atoms with Crippen molar-refractivity contribution in [3.05, 3.63) is 53.3 Å². The van der Waals surface area contributed by atoms with Gasteiger partial charge in [-0.05, 0) is 91.1 Å². The number of hydrogen-bond acceptors (Lipinski definition) is 4. The number of fused-ring (bicyclic) bond motifs is 4. The average molecular weight is 466 g/mol. The molecule has 3 saturated heterocycles. The normalized spacial score (nSPS) is 26.8. The standard InChI is InChI=1S/C28H35FN2O3/c1-4-13-34-21-7-5-18(6-8-21)22-14-20-16-28(2,3)26(23(20)15-24(22)29)31(27(32)33)25-17-30-11-9-19(25)10-12-30/h5-8,14-15,19,25-26H,4,9-13,16-17H2,1-3H3,(H,32,33)/p-1/t25-,26+/m1/s1. The molecule has 2 bridgehead atoms. The number of hydrogen-bond donors (Lipinski definition) is 0. The molecule has 0 spiro atoms. The van der Waals surface area contributed by atoms with Crippen molar-refractivity contribution >= 4 is 6.09 Å². The van der Waals surface area contributed by atoms with Crippen molar-refractivity contribution in [1.82, 2.24) is 9.80 Å². The molecule has 0 N–H and O–H groups in total. The Hall–Kier alpha value is -2.60. The minimum absolute atomic E-state index is 0.0962. The summed E-state index contributed by atoms with van der Waals surface area (Å²) in [5, 5.41) is 12.5. The highest BCUT2D eigenvalue weighted by molar-refractivity contribution is 5.69. The topological polar surface area (TPSA) is 55.8 Å². The Bertz CT molecular complexity index is 1060. The smallest absolute Gasteiger partial charge is 0.137 e. The predicted octanol–water partition coefficient (Wildman–Crippen LogP) is 4.64. The molecule has 0 radical (unpaired) electrons. The second kappa shape index (κ2) is 8.88. The van der Waals surface area contributed by atoms with Crippen LogP contribution in [0, 0.1) is 17.2 Å². The molecule has 4 aliphatic rings. The van der Waals surface area contributed by atoms with Crippen molar-refractivity contribution in [3.8, 4) is 16.9 Å². The maximum Gasteiger partial charge on any atom is 0.137 e. The molecule has 6 heteroatoms. The Balaban J connectivity index is 1.49. The molecule has 0 unspecified atom stereocenters. The van der Waals surface area contributed by atoms with Gasteiger partial charge in [0.25, 0.3) is 0 Å². The summed E-state index contributed by atoms with van der Waals surface area (Å²) in [4.78, 5) is 16.4. The molecule has 1 aliphatic carbocycles. The number of carboxylic acid groups (broad SMARTS) is 1. The lowest BCUT2D eigenvalue weighted by atomic mass is 9.79. The first-order valence-electron chi connectivity index (χ1n) is 12.6. The summed E-state index contributed by atoms with van der Waals surface area (Å²) in [6.07, 6.45) is 2.51. The second-order valence-electron chi connectivity index (χ2n) is 10.9. The third-order valence-electron chi connectivity index (χ3n) is 8.02. The fourth-order valence-corrected chi connectivity index (χ4v) is 6.43. The van der Waals surface area contributed by atoms with Gasteiger partial charge < -0.3 is 24.4 Å². The Morgan fingerprint density at radius 3 is 2.50 bits per heavy atom. The fourth-order valence-electron chi connectivity index (χ4n) is 6.43. The van der Waals surface area contributed by atoms with Gasteiger partial charge in [0, 0.05) is 18.2 Å². The highest BCUT2D eigenvalue weighted by Gasteiger charge is 2.48. The number of carbonyl (C=O) groups is 1. The predicted molar refractivity (Wildman–Crippen MR) is 128 cm³/mol. The summed E-state index contributed by atoms with van der Waals surface area (Å²) in [5.41, 5.74) is 2.79. The zero-order chi connectivity index (χ0) is 24.0. The zero-order valence-electron chi connectivity index (χ0n) is 20.4. The second-order valence-corrected chi connectivity index (χ2v) is 10.9. The largest absolute Gasteiger partial charge is 0.530 e. The van der Waals surface area contributed by atoms with Crippen LogP contribution in [0.1, 0.15) is 57.2 Å². The molecular formula is C28H34FN2O3-. The van der Waals surface area contributed by atoms with Gasteiger partial charge in [-0.1, -0.05) is 32.9 Å². The number of carbonyl (C=O) groups excluding carboxylic acids is 1. The molecule has 3 aliphatic heterocycles. The van der Waals surface area contributed by atoms with E-state index in [1.165, 1.54) is 0 Å². The van der Waals surface area contributed by atoms with E-state index in [4.69, 9.17) is 4.74 Å². The lowest BCUT2D eigenvalue weighted by Gasteiger charge is -2.53. The third-order valence-corrected chi connectivity index (χ3v) is 8.02. The van der Waals surface area contributed by atoms with E-state index in [2.05, 4.69) is 25.7 Å². The molecule has 3 heterocycles. The zero-order valence-corrected chi connectivity index (χ0v) is 20.4. The Kier molecular flexibility index (Phi) is 6.05. The van der Waals surface area contributed by atoms with E-state index in [0.29, 0.717) is 24.5 Å². The van der Waals surface area contributed by atoms with Crippen LogP contribution < -0.4 is 9.84 Å². The Labute approximate surface area is 201 Å². The lowest BCUT2D eigenvalue weighted by Crippen LogP contribution is -2.62. The van der Waals surface area contributed by atoms with Crippen LogP contribution in [0.3, 0.4) is 0 Å². The quantitative estimate of drug-likeness (QED) is 0.624. The number of benzene rings is 2. The highest BCUT2D eigenvalue weighted by Crippen LogP contribution is 2.52. The highest BCUT2D eigenvalue weighted by atomic mass is 19.1. The summed E-state index contributed by atoms with van der Waals surface area (Å²) in [7, 11) is 0. The van der Waals surface area contributed by atoms with E-state index in [-0.39, 0.29) is 17.3 Å². The van der Waals surface area contributed by atoms with Crippen LogP contribution in [0.15, 0.2) is 36.4 Å². The van der Waals surface area contributed by atoms with E-state index < -0.39 is 12.1 Å². The fraction of sp³-hybridized carbons (Fsp3) is 0.536. The first-order valence-corrected chi connectivity index (χ1v) is 12.6. The van der Waals surface area contributed by atoms with E-state index in [1.807, 2.05) is 30.3 Å². The van der Waals surface area contributed by atoms with Crippen molar-refractivity contribution in [1.29, 1.82) is 0 Å². The van der Waals surface area contributed by atoms with Crippen LogP contribution in [0.2, 0.25) is 0 Å². The molecule has 2 aromatic rings. The molecule has 6 rings (SSSR count). The van der Waals surface area contributed by atoms with Gasteiger partial charge in [-0.2, -0.15) is 0 Å². The van der Waals surface area contributed by atoms with E-state index in [1.54, 1.807) is 11.0 Å². The van der Waals surface area contributed by atoms with Crippen LogP contribution in [0.5, 0.6) is 5.75 Å². The molecule has 0 aromatic heterocycles. The molecule has 3 fully saturated rings. The molecular weight excluding hydrogens is 431 g/mol. The van der Waals surface area contributed by atoms with Crippen molar-refractivity contribution in [2.45, 2.75) is 58.5 Å². The van der Waals surface area contributed by atoms with E-state index in [9.17, 15) is 9.90 Å².